The van der Waals surface area contributed by atoms with E-state index in [1.165, 1.54) is 12.1 Å². The average molecular weight is 540 g/mol. The Kier molecular flexibility index (Phi) is 7.74. The number of pyridine rings is 1. The molecule has 0 radical (unpaired) electrons. The van der Waals surface area contributed by atoms with Crippen LogP contribution >= 0.6 is 0 Å². The van der Waals surface area contributed by atoms with Gasteiger partial charge in [-0.25, -0.2) is 9.97 Å². The lowest BCUT2D eigenvalue weighted by atomic mass is 9.93. The highest BCUT2D eigenvalue weighted by atomic mass is 19.4. The highest BCUT2D eigenvalue weighted by Gasteiger charge is 2.32. The van der Waals surface area contributed by atoms with Crippen LogP contribution in [0.2, 0.25) is 0 Å². The van der Waals surface area contributed by atoms with Crippen molar-refractivity contribution in [3.05, 3.63) is 66.0 Å². The number of likely N-dealkylation sites (tertiary alicyclic amines) is 1. The Bertz CT molecular complexity index is 1460. The molecule has 0 aliphatic carbocycles. The van der Waals surface area contributed by atoms with Crippen LogP contribution < -0.4 is 5.73 Å². The molecule has 1 aliphatic rings. The van der Waals surface area contributed by atoms with Crippen LogP contribution in [0.4, 0.5) is 19.0 Å². The zero-order valence-corrected chi connectivity index (χ0v) is 21.8. The van der Waals surface area contributed by atoms with Crippen LogP contribution in [0.15, 0.2) is 54.9 Å². The van der Waals surface area contributed by atoms with Gasteiger partial charge < -0.3 is 19.9 Å². The number of carbonyl (C=O) groups excluding carboxylic acids is 1. The Hall–Kier alpha value is -3.66. The van der Waals surface area contributed by atoms with E-state index < -0.39 is 11.7 Å². The number of nitrogen functional groups attached to an aromatic ring is 1. The number of ether oxygens (including phenoxy) is 1. The normalized spacial score (nSPS) is 15.7. The highest BCUT2D eigenvalue weighted by molar-refractivity contribution is 6.06. The molecule has 0 spiro atoms. The molecule has 1 fully saturated rings. The summed E-state index contributed by atoms with van der Waals surface area (Å²) in [7, 11) is 0. The van der Waals surface area contributed by atoms with Crippen LogP contribution in [0, 0.1) is 5.92 Å². The first-order valence-electron chi connectivity index (χ1n) is 13.3. The summed E-state index contributed by atoms with van der Waals surface area (Å²) in [5.74, 6) is 0.466. The number of nitrogens with two attached hydrogens (primary N) is 1. The number of halogens is 3. The molecular formula is C29H32F3N5O2. The molecule has 1 atom stereocenters. The van der Waals surface area contributed by atoms with Gasteiger partial charge in [0.2, 0.25) is 0 Å². The number of carbonyl (C=O) groups is 1. The molecule has 39 heavy (non-hydrogen) atoms. The second-order valence-corrected chi connectivity index (χ2v) is 10.1. The quantitative estimate of drug-likeness (QED) is 0.274. The van der Waals surface area contributed by atoms with E-state index in [-0.39, 0.29) is 17.5 Å². The molecule has 1 unspecified atom stereocenters. The van der Waals surface area contributed by atoms with Gasteiger partial charge in [-0.15, -0.1) is 0 Å². The Morgan fingerprint density at radius 1 is 1.15 bits per heavy atom. The SMILES string of the molecule is CCC(COCCC1CCN(C(=O)c2cccc(C(F)(F)F)c2)CC1)n1cnc2c(N)nc3ccccc3c21. The van der Waals surface area contributed by atoms with Crippen molar-refractivity contribution >= 4 is 33.7 Å². The number of piperidine rings is 1. The van der Waals surface area contributed by atoms with Crippen molar-refractivity contribution in [1.82, 2.24) is 19.4 Å². The summed E-state index contributed by atoms with van der Waals surface area (Å²) in [5, 5.41) is 1.00. The molecule has 0 bridgehead atoms. The first-order valence-corrected chi connectivity index (χ1v) is 13.3. The molecule has 3 heterocycles. The molecular weight excluding hydrogens is 507 g/mol. The van der Waals surface area contributed by atoms with Crippen molar-refractivity contribution in [3.63, 3.8) is 0 Å². The van der Waals surface area contributed by atoms with Crippen molar-refractivity contribution in [2.45, 2.75) is 44.8 Å². The molecule has 1 saturated heterocycles. The van der Waals surface area contributed by atoms with E-state index in [9.17, 15) is 18.0 Å². The van der Waals surface area contributed by atoms with Gasteiger partial charge in [-0.2, -0.15) is 13.2 Å². The van der Waals surface area contributed by atoms with E-state index >= 15 is 0 Å². The second-order valence-electron chi connectivity index (χ2n) is 10.1. The van der Waals surface area contributed by atoms with E-state index in [2.05, 4.69) is 21.5 Å². The number of para-hydroxylation sites is 1. The number of amides is 1. The molecule has 10 heteroatoms. The summed E-state index contributed by atoms with van der Waals surface area (Å²) in [6.07, 6.45) is 0.670. The van der Waals surface area contributed by atoms with E-state index in [4.69, 9.17) is 10.5 Å². The van der Waals surface area contributed by atoms with Crippen LogP contribution in [0.25, 0.3) is 21.9 Å². The maximum atomic E-state index is 13.0. The van der Waals surface area contributed by atoms with Gasteiger partial charge in [0, 0.05) is 30.6 Å². The third kappa shape index (κ3) is 5.71. The number of fused-ring (bicyclic) bond motifs is 3. The topological polar surface area (TPSA) is 86.3 Å². The first kappa shape index (κ1) is 26.9. The van der Waals surface area contributed by atoms with Gasteiger partial charge in [0.05, 0.1) is 35.6 Å². The zero-order chi connectivity index (χ0) is 27.6. The van der Waals surface area contributed by atoms with Gasteiger partial charge in [-0.05, 0) is 55.9 Å². The third-order valence-electron chi connectivity index (χ3n) is 7.62. The molecule has 2 N–H and O–H groups in total. The number of hydrogen-bond donors (Lipinski definition) is 1. The number of alkyl halides is 3. The summed E-state index contributed by atoms with van der Waals surface area (Å²) in [5.41, 5.74) is 7.94. The molecule has 2 aromatic heterocycles. The maximum absolute atomic E-state index is 13.0. The fourth-order valence-corrected chi connectivity index (χ4v) is 5.35. The van der Waals surface area contributed by atoms with Crippen LogP contribution in [0.5, 0.6) is 0 Å². The predicted octanol–water partition coefficient (Wildman–Crippen LogP) is 6.10. The molecule has 0 saturated carbocycles. The largest absolute Gasteiger partial charge is 0.416 e. The summed E-state index contributed by atoms with van der Waals surface area (Å²) in [4.78, 5) is 23.4. The number of imidazole rings is 1. The number of anilines is 1. The molecule has 206 valence electrons. The minimum atomic E-state index is -4.47. The number of benzene rings is 2. The summed E-state index contributed by atoms with van der Waals surface area (Å²) in [6, 6.07) is 12.6. The minimum absolute atomic E-state index is 0.0783. The third-order valence-corrected chi connectivity index (χ3v) is 7.62. The standard InChI is InChI=1S/C29H32F3N5O2/c1-2-22(37-18-34-25-26(37)23-8-3-4-9-24(23)35-27(25)33)17-39-15-12-19-10-13-36(14-11-19)28(38)20-6-5-7-21(16-20)29(30,31)32/h3-9,16,18-19,22H,2,10-15,17H2,1H3,(H2,33,35). The lowest BCUT2D eigenvalue weighted by molar-refractivity contribution is -0.137. The van der Waals surface area contributed by atoms with E-state index in [1.807, 2.05) is 30.6 Å². The fraction of sp³-hybridized carbons (Fsp3) is 0.414. The molecule has 2 aromatic carbocycles. The molecule has 1 amide bonds. The molecule has 5 rings (SSSR count). The van der Waals surface area contributed by atoms with Crippen molar-refractivity contribution < 1.29 is 22.7 Å². The number of aromatic nitrogens is 3. The maximum Gasteiger partial charge on any atom is 0.416 e. The average Bonchev–Trinajstić information content (AvgIpc) is 3.39. The predicted molar refractivity (Wildman–Crippen MR) is 144 cm³/mol. The number of rotatable bonds is 8. The van der Waals surface area contributed by atoms with Crippen molar-refractivity contribution in [1.29, 1.82) is 0 Å². The molecule has 7 nitrogen and oxygen atoms in total. The highest BCUT2D eigenvalue weighted by Crippen LogP contribution is 2.31. The van der Waals surface area contributed by atoms with Gasteiger partial charge >= 0.3 is 6.18 Å². The Labute approximate surface area is 224 Å². The fourth-order valence-electron chi connectivity index (χ4n) is 5.35. The van der Waals surface area contributed by atoms with E-state index in [1.54, 1.807) is 4.90 Å². The summed E-state index contributed by atoms with van der Waals surface area (Å²) < 4.78 is 47.3. The smallest absolute Gasteiger partial charge is 0.382 e. The van der Waals surface area contributed by atoms with Crippen LogP contribution in [0.1, 0.15) is 54.6 Å². The zero-order valence-electron chi connectivity index (χ0n) is 21.8. The van der Waals surface area contributed by atoms with Gasteiger partial charge in [-0.1, -0.05) is 31.2 Å². The summed E-state index contributed by atoms with van der Waals surface area (Å²) in [6.45, 7) is 4.30. The van der Waals surface area contributed by atoms with Crippen LogP contribution in [-0.4, -0.2) is 51.6 Å². The monoisotopic (exact) mass is 539 g/mol. The number of hydrogen-bond acceptors (Lipinski definition) is 5. The lowest BCUT2D eigenvalue weighted by Crippen LogP contribution is -2.38. The van der Waals surface area contributed by atoms with Crippen molar-refractivity contribution in [2.75, 3.05) is 32.0 Å². The van der Waals surface area contributed by atoms with Crippen molar-refractivity contribution in [3.8, 4) is 0 Å². The van der Waals surface area contributed by atoms with E-state index in [0.717, 1.165) is 54.2 Å². The van der Waals surface area contributed by atoms with Gasteiger partial charge in [0.25, 0.3) is 5.91 Å². The van der Waals surface area contributed by atoms with Gasteiger partial charge in [0.15, 0.2) is 5.82 Å². The Morgan fingerprint density at radius 2 is 1.92 bits per heavy atom. The van der Waals surface area contributed by atoms with Crippen LogP contribution in [0.3, 0.4) is 0 Å². The van der Waals surface area contributed by atoms with E-state index in [0.29, 0.717) is 43.6 Å². The van der Waals surface area contributed by atoms with Crippen molar-refractivity contribution in [2.24, 2.45) is 5.92 Å². The Morgan fingerprint density at radius 3 is 2.67 bits per heavy atom. The molecule has 1 aliphatic heterocycles. The second kappa shape index (κ2) is 11.2. The lowest BCUT2D eigenvalue weighted by Gasteiger charge is -2.32. The molecule has 4 aromatic rings. The minimum Gasteiger partial charge on any atom is -0.382 e. The van der Waals surface area contributed by atoms with Crippen LogP contribution in [-0.2, 0) is 10.9 Å². The summed E-state index contributed by atoms with van der Waals surface area (Å²) >= 11 is 0. The Balaban J connectivity index is 1.14. The number of nitrogens with zero attached hydrogens (tertiary/aromatic N) is 4. The van der Waals surface area contributed by atoms with Gasteiger partial charge in [-0.3, -0.25) is 4.79 Å². The first-order chi connectivity index (χ1) is 18.8. The van der Waals surface area contributed by atoms with Gasteiger partial charge in [0.1, 0.15) is 5.52 Å².